The van der Waals surface area contributed by atoms with Gasteiger partial charge in [-0.25, -0.2) is 4.98 Å². The van der Waals surface area contributed by atoms with Crippen molar-refractivity contribution in [3.8, 4) is 0 Å². The maximum atomic E-state index is 13.1. The zero-order chi connectivity index (χ0) is 20.5. The van der Waals surface area contributed by atoms with Crippen molar-refractivity contribution in [3.05, 3.63) is 53.3 Å². The van der Waals surface area contributed by atoms with Crippen LogP contribution in [-0.2, 0) is 20.9 Å². The summed E-state index contributed by atoms with van der Waals surface area (Å²) in [6, 6.07) is 7.78. The van der Waals surface area contributed by atoms with Crippen molar-refractivity contribution >= 4 is 44.4 Å². The van der Waals surface area contributed by atoms with Gasteiger partial charge in [-0.05, 0) is 42.7 Å². The molecule has 1 aromatic carbocycles. The molecule has 148 valence electrons. The lowest BCUT2D eigenvalue weighted by atomic mass is 10.1. The van der Waals surface area contributed by atoms with E-state index in [0.29, 0.717) is 5.13 Å². The molecule has 8 heteroatoms. The molecule has 0 unspecified atom stereocenters. The standard InChI is InChI=1S/C21H20N4O3S/c1-13-8-14(2)20-16(9-13)29-21(23-20)25(11-15-4-3-7-22-10-15)19(28)12-24-17(26)5-6-18(24)27/h3-4,7-10H,5-6,11-12H2,1-2H3. The average Bonchev–Trinajstić information content (AvgIpc) is 3.25. The predicted molar refractivity (Wildman–Crippen MR) is 110 cm³/mol. The third-order valence-electron chi connectivity index (χ3n) is 4.86. The van der Waals surface area contributed by atoms with Crippen molar-refractivity contribution in [2.24, 2.45) is 0 Å². The number of thiazole rings is 1. The molecular weight excluding hydrogens is 388 g/mol. The number of hydrogen-bond acceptors (Lipinski definition) is 6. The first-order chi connectivity index (χ1) is 13.9. The molecule has 4 rings (SSSR count). The van der Waals surface area contributed by atoms with Crippen molar-refractivity contribution in [1.82, 2.24) is 14.9 Å². The number of carbonyl (C=O) groups is 3. The van der Waals surface area contributed by atoms with Gasteiger partial charge in [0, 0.05) is 25.2 Å². The van der Waals surface area contributed by atoms with Gasteiger partial charge in [0.1, 0.15) is 6.54 Å². The van der Waals surface area contributed by atoms with Gasteiger partial charge in [0.05, 0.1) is 16.8 Å². The second-order valence-electron chi connectivity index (χ2n) is 7.14. The Hall–Kier alpha value is -3.13. The number of rotatable bonds is 5. The highest BCUT2D eigenvalue weighted by atomic mass is 32.1. The average molecular weight is 408 g/mol. The number of benzene rings is 1. The Balaban J connectivity index is 1.70. The topological polar surface area (TPSA) is 83.5 Å². The zero-order valence-electron chi connectivity index (χ0n) is 16.2. The minimum Gasteiger partial charge on any atom is -0.282 e. The number of likely N-dealkylation sites (tertiary alicyclic amines) is 1. The Morgan fingerprint density at radius 2 is 1.97 bits per heavy atom. The number of aryl methyl sites for hydroxylation is 2. The summed E-state index contributed by atoms with van der Waals surface area (Å²) in [5, 5.41) is 0.543. The molecule has 1 aliphatic heterocycles. The van der Waals surface area contributed by atoms with E-state index in [0.717, 1.165) is 31.8 Å². The SMILES string of the molecule is Cc1cc(C)c2nc(N(Cc3cccnc3)C(=O)CN3C(=O)CCC3=O)sc2c1. The largest absolute Gasteiger partial charge is 0.282 e. The summed E-state index contributed by atoms with van der Waals surface area (Å²) < 4.78 is 0.995. The van der Waals surface area contributed by atoms with Crippen molar-refractivity contribution in [2.45, 2.75) is 33.2 Å². The van der Waals surface area contributed by atoms with Crippen molar-refractivity contribution < 1.29 is 14.4 Å². The van der Waals surface area contributed by atoms with Crippen molar-refractivity contribution in [1.29, 1.82) is 0 Å². The van der Waals surface area contributed by atoms with Crippen LogP contribution in [0.4, 0.5) is 5.13 Å². The van der Waals surface area contributed by atoms with E-state index in [2.05, 4.69) is 11.1 Å². The Morgan fingerprint density at radius 1 is 1.21 bits per heavy atom. The van der Waals surface area contributed by atoms with Crippen LogP contribution in [0.15, 0.2) is 36.7 Å². The molecular formula is C21H20N4O3S. The molecule has 0 spiro atoms. The van der Waals surface area contributed by atoms with Gasteiger partial charge in [-0.15, -0.1) is 0 Å². The normalized spacial score (nSPS) is 14.1. The minimum absolute atomic E-state index is 0.161. The maximum Gasteiger partial charge on any atom is 0.249 e. The third-order valence-corrected chi connectivity index (χ3v) is 5.89. The molecule has 3 aromatic rings. The van der Waals surface area contributed by atoms with Crippen LogP contribution in [-0.4, -0.2) is 39.1 Å². The molecule has 1 saturated heterocycles. The zero-order valence-corrected chi connectivity index (χ0v) is 17.0. The van der Waals surface area contributed by atoms with Crippen LogP contribution >= 0.6 is 11.3 Å². The first kappa shape index (κ1) is 19.2. The molecule has 7 nitrogen and oxygen atoms in total. The van der Waals surface area contributed by atoms with E-state index in [1.165, 1.54) is 16.2 Å². The van der Waals surface area contributed by atoms with E-state index in [1.807, 2.05) is 26.0 Å². The van der Waals surface area contributed by atoms with Gasteiger partial charge in [0.2, 0.25) is 17.7 Å². The molecule has 0 atom stereocenters. The van der Waals surface area contributed by atoms with Gasteiger partial charge >= 0.3 is 0 Å². The molecule has 2 aromatic heterocycles. The van der Waals surface area contributed by atoms with Crippen LogP contribution in [0, 0.1) is 13.8 Å². The summed E-state index contributed by atoms with van der Waals surface area (Å²) >= 11 is 1.43. The molecule has 29 heavy (non-hydrogen) atoms. The second-order valence-corrected chi connectivity index (χ2v) is 8.15. The summed E-state index contributed by atoms with van der Waals surface area (Å²) in [6.45, 7) is 4.01. The minimum atomic E-state index is -0.342. The summed E-state index contributed by atoms with van der Waals surface area (Å²) in [5.41, 5.74) is 3.87. The van der Waals surface area contributed by atoms with E-state index in [9.17, 15) is 14.4 Å². The fourth-order valence-corrected chi connectivity index (χ4v) is 4.59. The highest BCUT2D eigenvalue weighted by molar-refractivity contribution is 7.22. The molecule has 0 saturated carbocycles. The summed E-state index contributed by atoms with van der Waals surface area (Å²) in [7, 11) is 0. The number of aromatic nitrogens is 2. The second kappa shape index (κ2) is 7.71. The van der Waals surface area contributed by atoms with Gasteiger partial charge in [-0.3, -0.25) is 29.2 Å². The number of amides is 3. The Morgan fingerprint density at radius 3 is 2.66 bits per heavy atom. The molecule has 0 N–H and O–H groups in total. The quantitative estimate of drug-likeness (QED) is 0.606. The third kappa shape index (κ3) is 3.88. The Kier molecular flexibility index (Phi) is 5.10. The lowest BCUT2D eigenvalue weighted by Crippen LogP contribution is -2.42. The van der Waals surface area contributed by atoms with Crippen LogP contribution in [0.2, 0.25) is 0 Å². The molecule has 0 aliphatic carbocycles. The van der Waals surface area contributed by atoms with Gasteiger partial charge in [0.25, 0.3) is 0 Å². The highest BCUT2D eigenvalue weighted by Crippen LogP contribution is 2.32. The number of fused-ring (bicyclic) bond motifs is 1. The van der Waals surface area contributed by atoms with Crippen LogP contribution in [0.5, 0.6) is 0 Å². The number of pyridine rings is 1. The molecule has 0 bridgehead atoms. The first-order valence-corrected chi connectivity index (χ1v) is 10.1. The van der Waals surface area contributed by atoms with E-state index in [1.54, 1.807) is 18.5 Å². The van der Waals surface area contributed by atoms with Crippen molar-refractivity contribution in [2.75, 3.05) is 11.4 Å². The fraction of sp³-hybridized carbons (Fsp3) is 0.286. The molecule has 3 heterocycles. The van der Waals surface area contributed by atoms with Crippen LogP contribution in [0.25, 0.3) is 10.2 Å². The summed E-state index contributed by atoms with van der Waals surface area (Å²) in [5.74, 6) is -0.952. The summed E-state index contributed by atoms with van der Waals surface area (Å²) in [4.78, 5) is 48.5. The lowest BCUT2D eigenvalue weighted by molar-refractivity contribution is -0.141. The Labute approximate surface area is 172 Å². The monoisotopic (exact) mass is 408 g/mol. The molecule has 1 fully saturated rings. The molecule has 1 aliphatic rings. The first-order valence-electron chi connectivity index (χ1n) is 9.32. The van der Waals surface area contributed by atoms with E-state index >= 15 is 0 Å². The number of imide groups is 1. The fourth-order valence-electron chi connectivity index (χ4n) is 3.43. The maximum absolute atomic E-state index is 13.1. The van der Waals surface area contributed by atoms with E-state index in [-0.39, 0.29) is 43.7 Å². The van der Waals surface area contributed by atoms with Crippen LogP contribution in [0.1, 0.15) is 29.5 Å². The number of nitrogens with zero attached hydrogens (tertiary/aromatic N) is 4. The van der Waals surface area contributed by atoms with E-state index in [4.69, 9.17) is 4.98 Å². The predicted octanol–water partition coefficient (Wildman–Crippen LogP) is 2.99. The van der Waals surface area contributed by atoms with Crippen molar-refractivity contribution in [3.63, 3.8) is 0 Å². The highest BCUT2D eigenvalue weighted by Gasteiger charge is 2.33. The lowest BCUT2D eigenvalue weighted by Gasteiger charge is -2.22. The molecule has 3 amide bonds. The Bertz CT molecular complexity index is 1090. The van der Waals surface area contributed by atoms with Gasteiger partial charge in [-0.2, -0.15) is 0 Å². The number of carbonyl (C=O) groups excluding carboxylic acids is 3. The van der Waals surface area contributed by atoms with Gasteiger partial charge in [0.15, 0.2) is 5.13 Å². The van der Waals surface area contributed by atoms with Crippen LogP contribution in [0.3, 0.4) is 0 Å². The van der Waals surface area contributed by atoms with E-state index < -0.39 is 0 Å². The summed E-state index contributed by atoms with van der Waals surface area (Å²) in [6.07, 6.45) is 3.68. The van der Waals surface area contributed by atoms with Gasteiger partial charge < -0.3 is 0 Å². The number of hydrogen-bond donors (Lipinski definition) is 0. The van der Waals surface area contributed by atoms with Gasteiger partial charge in [-0.1, -0.05) is 23.5 Å². The smallest absolute Gasteiger partial charge is 0.249 e. The number of anilines is 1. The van der Waals surface area contributed by atoms with Crippen LogP contribution < -0.4 is 4.90 Å². The molecule has 0 radical (unpaired) electrons.